The number of ether oxygens (including phenoxy) is 3. The van der Waals surface area contributed by atoms with E-state index >= 15 is 0 Å². The topological polar surface area (TPSA) is 121 Å². The van der Waals surface area contributed by atoms with Gasteiger partial charge in [0.1, 0.15) is 22.7 Å². The van der Waals surface area contributed by atoms with Crippen molar-refractivity contribution in [3.05, 3.63) is 45.3 Å². The van der Waals surface area contributed by atoms with Gasteiger partial charge in [-0.05, 0) is 50.1 Å². The van der Waals surface area contributed by atoms with Gasteiger partial charge in [-0.2, -0.15) is 10.5 Å². The number of hydrogen-bond acceptors (Lipinski definition) is 8. The zero-order chi connectivity index (χ0) is 23.0. The van der Waals surface area contributed by atoms with Crippen LogP contribution in [0, 0.1) is 36.5 Å². The molecule has 0 fully saturated rings. The summed E-state index contributed by atoms with van der Waals surface area (Å²) in [6, 6.07) is 8.54. The number of nitrogens with zero attached hydrogens (tertiary/aromatic N) is 2. The Labute approximate surface area is 184 Å². The second kappa shape index (κ2) is 10.8. The molecular formula is C22H21N3O5S. The summed E-state index contributed by atoms with van der Waals surface area (Å²) >= 11 is 1.24. The van der Waals surface area contributed by atoms with Crippen LogP contribution in [0.5, 0.6) is 11.5 Å². The van der Waals surface area contributed by atoms with Crippen LogP contribution in [0.4, 0.5) is 5.00 Å². The minimum absolute atomic E-state index is 0.139. The Morgan fingerprint density at radius 2 is 1.97 bits per heavy atom. The Hall–Kier alpha value is -3.82. The molecule has 9 heteroatoms. The minimum atomic E-state index is -0.655. The number of nitriles is 2. The van der Waals surface area contributed by atoms with Gasteiger partial charge in [-0.3, -0.25) is 4.79 Å². The molecule has 0 saturated carbocycles. The molecule has 0 aliphatic heterocycles. The lowest BCUT2D eigenvalue weighted by atomic mass is 10.1. The zero-order valence-corrected chi connectivity index (χ0v) is 18.4. The van der Waals surface area contributed by atoms with Gasteiger partial charge in [0.25, 0.3) is 5.91 Å². The average molecular weight is 439 g/mol. The van der Waals surface area contributed by atoms with Crippen LogP contribution in [0.15, 0.2) is 23.8 Å². The molecule has 0 unspecified atom stereocenters. The van der Waals surface area contributed by atoms with Crippen molar-refractivity contribution in [1.29, 1.82) is 10.5 Å². The van der Waals surface area contributed by atoms with E-state index in [-0.39, 0.29) is 24.4 Å². The first-order chi connectivity index (χ1) is 14.9. The van der Waals surface area contributed by atoms with Gasteiger partial charge in [-0.1, -0.05) is 6.07 Å². The van der Waals surface area contributed by atoms with Gasteiger partial charge in [-0.25, -0.2) is 4.79 Å². The van der Waals surface area contributed by atoms with Crippen molar-refractivity contribution in [2.24, 2.45) is 0 Å². The summed E-state index contributed by atoms with van der Waals surface area (Å²) in [5.74, 6) is -0.457. The molecule has 0 saturated heterocycles. The Balaban J connectivity index is 2.32. The number of carbonyl (C=O) groups is 2. The number of anilines is 1. The number of aryl methyl sites for hydroxylation is 1. The summed E-state index contributed by atoms with van der Waals surface area (Å²) in [7, 11) is 1.44. The molecule has 0 bridgehead atoms. The number of methoxy groups -OCH3 is 1. The van der Waals surface area contributed by atoms with Crippen molar-refractivity contribution >= 4 is 34.3 Å². The number of nitrogens with one attached hydrogen (secondary N) is 1. The van der Waals surface area contributed by atoms with Crippen LogP contribution in [0.25, 0.3) is 6.08 Å². The molecule has 0 radical (unpaired) electrons. The van der Waals surface area contributed by atoms with Crippen LogP contribution in [-0.2, 0) is 9.53 Å². The van der Waals surface area contributed by atoms with Crippen LogP contribution < -0.4 is 14.8 Å². The second-order valence-corrected chi connectivity index (χ2v) is 7.41. The summed E-state index contributed by atoms with van der Waals surface area (Å²) in [4.78, 5) is 25.9. The van der Waals surface area contributed by atoms with Gasteiger partial charge in [0.2, 0.25) is 0 Å². The Morgan fingerprint density at radius 1 is 1.23 bits per heavy atom. The van der Waals surface area contributed by atoms with Crippen LogP contribution in [0.3, 0.4) is 0 Å². The standard InChI is InChI=1S/C22H21N3O5S/c1-5-29-22(27)19-13(2)14(3)31-21(19)25-20(26)16(12-24)10-15-6-7-17(30-9-8-23)18(11-15)28-4/h6-7,10-11H,5,9H2,1-4H3,(H,25,26). The molecule has 2 rings (SSSR count). The highest BCUT2D eigenvalue weighted by atomic mass is 32.1. The summed E-state index contributed by atoms with van der Waals surface area (Å²) in [5, 5.41) is 21.1. The van der Waals surface area contributed by atoms with Gasteiger partial charge in [0, 0.05) is 4.88 Å². The van der Waals surface area contributed by atoms with E-state index in [0.29, 0.717) is 22.1 Å². The smallest absolute Gasteiger partial charge is 0.341 e. The quantitative estimate of drug-likeness (QED) is 0.375. The summed E-state index contributed by atoms with van der Waals surface area (Å²) in [5.41, 5.74) is 1.37. The fourth-order valence-corrected chi connectivity index (χ4v) is 3.70. The van der Waals surface area contributed by atoms with Crippen LogP contribution in [0.1, 0.15) is 33.3 Å². The number of amides is 1. The largest absolute Gasteiger partial charge is 0.493 e. The highest BCUT2D eigenvalue weighted by Crippen LogP contribution is 2.33. The molecule has 1 amide bonds. The van der Waals surface area contributed by atoms with E-state index in [9.17, 15) is 14.9 Å². The molecule has 2 aromatic rings. The van der Waals surface area contributed by atoms with E-state index in [2.05, 4.69) is 5.32 Å². The van der Waals surface area contributed by atoms with Gasteiger partial charge in [0.05, 0.1) is 19.3 Å². The van der Waals surface area contributed by atoms with E-state index in [1.807, 2.05) is 19.1 Å². The Morgan fingerprint density at radius 3 is 2.58 bits per heavy atom. The van der Waals surface area contributed by atoms with Crippen molar-refractivity contribution < 1.29 is 23.8 Å². The number of esters is 1. The molecule has 1 aromatic carbocycles. The number of carbonyl (C=O) groups excluding carboxylic acids is 2. The molecule has 160 valence electrons. The number of rotatable bonds is 8. The number of thiophene rings is 1. The van der Waals surface area contributed by atoms with E-state index in [1.165, 1.54) is 24.5 Å². The molecule has 1 N–H and O–H groups in total. The highest BCUT2D eigenvalue weighted by molar-refractivity contribution is 7.16. The summed E-state index contributed by atoms with van der Waals surface area (Å²) in [6.07, 6.45) is 1.39. The third-order valence-corrected chi connectivity index (χ3v) is 5.37. The summed E-state index contributed by atoms with van der Waals surface area (Å²) in [6.45, 7) is 5.38. The van der Waals surface area contributed by atoms with Crippen LogP contribution >= 0.6 is 11.3 Å². The molecular weight excluding hydrogens is 418 g/mol. The minimum Gasteiger partial charge on any atom is -0.493 e. The van der Waals surface area contributed by atoms with Gasteiger partial charge < -0.3 is 19.5 Å². The molecule has 1 heterocycles. The van der Waals surface area contributed by atoms with Crippen molar-refractivity contribution in [3.63, 3.8) is 0 Å². The third kappa shape index (κ3) is 5.62. The molecule has 8 nitrogen and oxygen atoms in total. The lowest BCUT2D eigenvalue weighted by Crippen LogP contribution is -2.16. The first-order valence-electron chi connectivity index (χ1n) is 9.24. The molecule has 0 aliphatic rings. The maximum atomic E-state index is 12.7. The van der Waals surface area contributed by atoms with Crippen LogP contribution in [0.2, 0.25) is 0 Å². The first kappa shape index (κ1) is 23.5. The fraction of sp³-hybridized carbons (Fsp3) is 0.273. The molecule has 31 heavy (non-hydrogen) atoms. The SMILES string of the molecule is CCOC(=O)c1c(NC(=O)C(C#N)=Cc2ccc(OCC#N)c(OC)c2)sc(C)c1C. The van der Waals surface area contributed by atoms with Crippen LogP contribution in [-0.4, -0.2) is 32.2 Å². The van der Waals surface area contributed by atoms with Crippen molar-refractivity contribution in [2.45, 2.75) is 20.8 Å². The fourth-order valence-electron chi connectivity index (χ4n) is 2.65. The predicted octanol–water partition coefficient (Wildman–Crippen LogP) is 4.00. The molecule has 0 atom stereocenters. The number of benzene rings is 1. The van der Waals surface area contributed by atoms with Gasteiger partial charge in [0.15, 0.2) is 18.1 Å². The zero-order valence-electron chi connectivity index (χ0n) is 17.6. The summed E-state index contributed by atoms with van der Waals surface area (Å²) < 4.78 is 15.6. The molecule has 0 aliphatic carbocycles. The maximum Gasteiger partial charge on any atom is 0.341 e. The van der Waals surface area contributed by atoms with Gasteiger partial charge >= 0.3 is 5.97 Å². The molecule has 0 spiro atoms. The lowest BCUT2D eigenvalue weighted by molar-refractivity contribution is -0.112. The Bertz CT molecular complexity index is 1110. The van der Waals surface area contributed by atoms with Gasteiger partial charge in [-0.15, -0.1) is 11.3 Å². The predicted molar refractivity (Wildman–Crippen MR) is 116 cm³/mol. The van der Waals surface area contributed by atoms with E-state index in [1.54, 1.807) is 32.0 Å². The molecule has 1 aromatic heterocycles. The first-order valence-corrected chi connectivity index (χ1v) is 10.1. The van der Waals surface area contributed by atoms with E-state index in [0.717, 1.165) is 10.4 Å². The lowest BCUT2D eigenvalue weighted by Gasteiger charge is -2.09. The number of hydrogen-bond donors (Lipinski definition) is 1. The Kier molecular flexibility index (Phi) is 8.18. The van der Waals surface area contributed by atoms with Crippen molar-refractivity contribution in [2.75, 3.05) is 25.6 Å². The highest BCUT2D eigenvalue weighted by Gasteiger charge is 2.23. The van der Waals surface area contributed by atoms with E-state index < -0.39 is 11.9 Å². The average Bonchev–Trinajstić information content (AvgIpc) is 3.03. The maximum absolute atomic E-state index is 12.7. The van der Waals surface area contributed by atoms with E-state index in [4.69, 9.17) is 19.5 Å². The van der Waals surface area contributed by atoms with Crippen molar-refractivity contribution in [1.82, 2.24) is 0 Å². The normalized spacial score (nSPS) is 10.6. The second-order valence-electron chi connectivity index (χ2n) is 6.19. The van der Waals surface area contributed by atoms with Crippen molar-refractivity contribution in [3.8, 4) is 23.6 Å². The third-order valence-electron chi connectivity index (χ3n) is 4.25. The monoisotopic (exact) mass is 439 g/mol.